The molecule has 0 aliphatic heterocycles. The number of benzene rings is 20. The van der Waals surface area contributed by atoms with Gasteiger partial charge in [-0.2, -0.15) is 0 Å². The molecule has 676 valence electrons. The molecule has 0 amide bonds. The van der Waals surface area contributed by atoms with Crippen molar-refractivity contribution >= 4 is 0 Å². The average molecular weight is 1840 g/mol. The van der Waals surface area contributed by atoms with Crippen LogP contribution in [0.5, 0.6) is 0 Å². The second kappa shape index (κ2) is 41.0. The highest BCUT2D eigenvalue weighted by Gasteiger charge is 2.22. The molecule has 0 aliphatic carbocycles. The van der Waals surface area contributed by atoms with Crippen molar-refractivity contribution in [3.8, 4) is 248 Å². The van der Waals surface area contributed by atoms with E-state index in [9.17, 15) is 0 Å². The molecule has 0 atom stereocenters. The Morgan fingerprint density at radius 2 is 0.146 bits per heavy atom. The van der Waals surface area contributed by atoms with Crippen LogP contribution in [0, 0.1) is 0 Å². The Hall–Kier alpha value is -19.6. The quantitative estimate of drug-likeness (QED) is 0.0634. The maximum Gasteiger partial charge on any atom is 0.164 e. The number of hydrogen-bond donors (Lipinski definition) is 0. The minimum atomic E-state index is 0.615. The Labute approximate surface area is 835 Å². The van der Waals surface area contributed by atoms with Gasteiger partial charge in [-0.15, -0.1) is 0 Å². The molecule has 0 saturated carbocycles. The van der Waals surface area contributed by atoms with E-state index >= 15 is 0 Å². The number of aromatic nitrogens is 12. The molecule has 0 spiro atoms. The lowest BCUT2D eigenvalue weighted by Gasteiger charge is -2.12. The average Bonchev–Trinajstić information content (AvgIpc) is 0.792. The zero-order chi connectivity index (χ0) is 96.1. The predicted octanol–water partition coefficient (Wildman–Crippen LogP) is 32.8. The van der Waals surface area contributed by atoms with E-state index in [2.05, 4.69) is 340 Å². The third-order valence-electron chi connectivity index (χ3n) is 25.5. The van der Waals surface area contributed by atoms with Crippen LogP contribution in [0.1, 0.15) is 0 Å². The van der Waals surface area contributed by atoms with Crippen molar-refractivity contribution < 1.29 is 0 Å². The standard InChI is InChI=1S/2C66H44N6/c1-5-19-45(20-6-1)49-27-16-36-58(42-49)65-70-63(48-25-11-4-12-26-48)71-66(72-65)60-38-18-35-57(44-60)55-33-15-31-53(41-55)51-29-13-28-50(39-51)52-30-14-32-54(40-52)56-34-17-37-59(43-56)64-68-61(46-21-7-2-8-22-46)67-62(69-64)47-23-9-3-10-24-47;1-5-18-45(19-6-1)46-36-38-50(39-37-46)64-68-63(49-24-11-4-12-25-49)71-66(72-64)60-35-17-33-58(44-60)56-31-15-29-54(42-56)52-27-13-26-51(40-52)53-28-14-30-55(41-53)57-32-16-34-59(43-57)65-69-61(47-20-7-2-8-21-47)67-62(70-65)48-22-9-3-10-23-48/h2*1-44H. The van der Waals surface area contributed by atoms with Gasteiger partial charge < -0.3 is 0 Å². The third kappa shape index (κ3) is 20.0. The van der Waals surface area contributed by atoms with Crippen molar-refractivity contribution in [3.63, 3.8) is 0 Å². The molecule has 0 saturated heterocycles. The summed E-state index contributed by atoms with van der Waals surface area (Å²) in [6, 6.07) is 184. The third-order valence-corrected chi connectivity index (χ3v) is 25.5. The molecule has 0 N–H and O–H groups in total. The van der Waals surface area contributed by atoms with E-state index in [4.69, 9.17) is 59.8 Å². The van der Waals surface area contributed by atoms with Gasteiger partial charge in [0.25, 0.3) is 0 Å². The Morgan fingerprint density at radius 1 is 0.0625 bits per heavy atom. The van der Waals surface area contributed by atoms with Gasteiger partial charge in [0.2, 0.25) is 0 Å². The maximum absolute atomic E-state index is 5.11. The van der Waals surface area contributed by atoms with Gasteiger partial charge in [0.15, 0.2) is 69.9 Å². The Bertz CT molecular complexity index is 8610. The van der Waals surface area contributed by atoms with E-state index in [1.165, 1.54) is 0 Å². The van der Waals surface area contributed by atoms with Gasteiger partial charge in [0, 0.05) is 66.8 Å². The zero-order valence-corrected chi connectivity index (χ0v) is 78.2. The van der Waals surface area contributed by atoms with Crippen LogP contribution in [0.25, 0.3) is 248 Å². The van der Waals surface area contributed by atoms with Gasteiger partial charge in [-0.3, -0.25) is 0 Å². The van der Waals surface area contributed by atoms with Gasteiger partial charge in [-0.05, 0) is 178 Å². The van der Waals surface area contributed by atoms with Crippen LogP contribution in [0.4, 0.5) is 0 Å². The van der Waals surface area contributed by atoms with E-state index < -0.39 is 0 Å². The molecule has 144 heavy (non-hydrogen) atoms. The summed E-state index contributed by atoms with van der Waals surface area (Å²) in [7, 11) is 0. The Kier molecular flexibility index (Phi) is 25.2. The van der Waals surface area contributed by atoms with Crippen LogP contribution in [-0.4, -0.2) is 59.8 Å². The van der Waals surface area contributed by atoms with E-state index in [0.29, 0.717) is 69.9 Å². The SMILES string of the molecule is c1ccc(-c2ccc(-c3nc(-c4ccccc4)nc(-c4cccc(-c5cccc(-c6cccc(-c7cccc(-c8cccc(-c9nc(-c%10ccccc%10)nc(-c%10ccccc%10)n9)c8)c7)c6)c5)c4)n3)cc2)cc1.c1ccc(-c2cccc(-c3nc(-c4ccccc4)nc(-c4cccc(-c5cccc(-c6cccc(-c7cccc(-c8cccc(-c9nc(-c%10ccccc%10)nc(-c%10ccccc%10)n9)c8)c7)c6)c5)c4)n3)c2)cc1. The van der Waals surface area contributed by atoms with Crippen molar-refractivity contribution in [3.05, 3.63) is 534 Å². The molecule has 0 fully saturated rings. The van der Waals surface area contributed by atoms with Gasteiger partial charge in [0.1, 0.15) is 0 Å². The van der Waals surface area contributed by atoms with Gasteiger partial charge in [-0.1, -0.05) is 467 Å². The van der Waals surface area contributed by atoms with E-state index in [-0.39, 0.29) is 0 Å². The van der Waals surface area contributed by atoms with Crippen molar-refractivity contribution in [2.75, 3.05) is 0 Å². The molecule has 0 bridgehead atoms. The molecule has 20 aromatic carbocycles. The fourth-order valence-corrected chi connectivity index (χ4v) is 18.1. The molecule has 0 aliphatic rings. The van der Waals surface area contributed by atoms with Crippen LogP contribution < -0.4 is 0 Å². The summed E-state index contributed by atoms with van der Waals surface area (Å²) in [5.74, 6) is 7.54. The minimum absolute atomic E-state index is 0.615. The zero-order valence-electron chi connectivity index (χ0n) is 78.2. The molecule has 0 unspecified atom stereocenters. The highest BCUT2D eigenvalue weighted by molar-refractivity contribution is 5.86. The molecular formula is C132H88N12. The molecule has 12 nitrogen and oxygen atoms in total. The number of rotatable bonds is 22. The van der Waals surface area contributed by atoms with Crippen LogP contribution in [0.3, 0.4) is 0 Å². The van der Waals surface area contributed by atoms with Crippen LogP contribution in [0.2, 0.25) is 0 Å². The van der Waals surface area contributed by atoms with Gasteiger partial charge >= 0.3 is 0 Å². The smallest absolute Gasteiger partial charge is 0.164 e. The lowest BCUT2D eigenvalue weighted by molar-refractivity contribution is 1.07. The first-order valence-electron chi connectivity index (χ1n) is 48.0. The van der Waals surface area contributed by atoms with Crippen molar-refractivity contribution in [2.45, 2.75) is 0 Å². The highest BCUT2D eigenvalue weighted by Crippen LogP contribution is 2.41. The Balaban J connectivity index is 0.000000159. The fourth-order valence-electron chi connectivity index (χ4n) is 18.1. The second-order valence-corrected chi connectivity index (χ2v) is 35.1. The lowest BCUT2D eigenvalue weighted by atomic mass is 9.94. The van der Waals surface area contributed by atoms with Gasteiger partial charge in [-0.25, -0.2) is 59.8 Å². The largest absolute Gasteiger partial charge is 0.208 e. The maximum atomic E-state index is 5.11. The monoisotopic (exact) mass is 1840 g/mol. The summed E-state index contributed by atoms with van der Waals surface area (Å²) in [5.41, 5.74) is 33.4. The summed E-state index contributed by atoms with van der Waals surface area (Å²) in [6.07, 6.45) is 0. The minimum Gasteiger partial charge on any atom is -0.208 e. The van der Waals surface area contributed by atoms with E-state index in [1.54, 1.807) is 0 Å². The first-order chi connectivity index (χ1) is 71.3. The van der Waals surface area contributed by atoms with Gasteiger partial charge in [0.05, 0.1) is 0 Å². The summed E-state index contributed by atoms with van der Waals surface area (Å²) in [4.78, 5) is 60.0. The van der Waals surface area contributed by atoms with Crippen LogP contribution >= 0.6 is 0 Å². The number of nitrogens with zero attached hydrogens (tertiary/aromatic N) is 12. The first-order valence-corrected chi connectivity index (χ1v) is 48.0. The predicted molar refractivity (Wildman–Crippen MR) is 586 cm³/mol. The normalized spacial score (nSPS) is 11.1. The topological polar surface area (TPSA) is 155 Å². The molecule has 4 heterocycles. The van der Waals surface area contributed by atoms with Crippen LogP contribution in [-0.2, 0) is 0 Å². The van der Waals surface area contributed by atoms with E-state index in [1.807, 2.05) is 194 Å². The fraction of sp³-hybridized carbons (Fsp3) is 0. The second-order valence-electron chi connectivity index (χ2n) is 35.1. The lowest BCUT2D eigenvalue weighted by Crippen LogP contribution is -2.00. The summed E-state index contributed by atoms with van der Waals surface area (Å²) in [6.45, 7) is 0. The molecule has 0 radical (unpaired) electrons. The molecule has 12 heteroatoms. The van der Waals surface area contributed by atoms with Crippen molar-refractivity contribution in [1.82, 2.24) is 59.8 Å². The highest BCUT2D eigenvalue weighted by atomic mass is 15.1. The van der Waals surface area contributed by atoms with E-state index in [0.717, 1.165) is 178 Å². The van der Waals surface area contributed by atoms with Crippen LogP contribution in [0.15, 0.2) is 534 Å². The Morgan fingerprint density at radius 3 is 0.299 bits per heavy atom. The van der Waals surface area contributed by atoms with Crippen molar-refractivity contribution in [2.24, 2.45) is 0 Å². The summed E-state index contributed by atoms with van der Waals surface area (Å²) < 4.78 is 0. The molecule has 4 aromatic heterocycles. The summed E-state index contributed by atoms with van der Waals surface area (Å²) >= 11 is 0. The molecule has 24 rings (SSSR count). The first kappa shape index (κ1) is 88.4. The van der Waals surface area contributed by atoms with Crippen molar-refractivity contribution in [1.29, 1.82) is 0 Å². The molecule has 24 aromatic rings. The summed E-state index contributed by atoms with van der Waals surface area (Å²) in [5, 5.41) is 0. The number of hydrogen-bond acceptors (Lipinski definition) is 12. The molecular weight excluding hydrogens is 1750 g/mol.